The predicted octanol–water partition coefficient (Wildman–Crippen LogP) is 3.40. The first kappa shape index (κ1) is 15.3. The van der Waals surface area contributed by atoms with E-state index < -0.39 is 10.1 Å². The summed E-state index contributed by atoms with van der Waals surface area (Å²) in [6.45, 7) is 0.410. The molecule has 3 rings (SSSR count). The van der Waals surface area contributed by atoms with Gasteiger partial charge < -0.3 is 10.4 Å². The van der Waals surface area contributed by atoms with Gasteiger partial charge in [-0.1, -0.05) is 42.5 Å². The molecule has 5 nitrogen and oxygen atoms in total. The van der Waals surface area contributed by atoms with Crippen molar-refractivity contribution in [2.24, 2.45) is 0 Å². The first-order chi connectivity index (χ1) is 11.0. The molecule has 3 aromatic rings. The Kier molecular flexibility index (Phi) is 3.94. The summed E-state index contributed by atoms with van der Waals surface area (Å²) < 4.78 is 33.3. The molecule has 0 saturated carbocycles. The maximum absolute atomic E-state index is 11.8. The molecule has 0 aliphatic carbocycles. The molecule has 0 aliphatic rings. The quantitative estimate of drug-likeness (QED) is 0.639. The third kappa shape index (κ3) is 3.13. The largest absolute Gasteiger partial charge is 0.507 e. The van der Waals surface area contributed by atoms with Gasteiger partial charge >= 0.3 is 0 Å². The minimum Gasteiger partial charge on any atom is -0.507 e. The fraction of sp³-hybridized carbons (Fsp3) is 0.0588. The zero-order valence-electron chi connectivity index (χ0n) is 12.1. The van der Waals surface area contributed by atoms with Crippen LogP contribution in [-0.2, 0) is 16.7 Å². The SMILES string of the molecule is O=S(=O)(O)c1c(NCc2ccccc2)ccc2c(O)cccc12. The Morgan fingerprint density at radius 1 is 0.870 bits per heavy atom. The number of aromatic hydroxyl groups is 1. The van der Waals surface area contributed by atoms with Gasteiger partial charge in [0.15, 0.2) is 0 Å². The second-order valence-electron chi connectivity index (χ2n) is 5.13. The molecule has 118 valence electrons. The lowest BCUT2D eigenvalue weighted by Gasteiger charge is -2.13. The Bertz CT molecular complexity index is 953. The number of fused-ring (bicyclic) bond motifs is 1. The zero-order valence-corrected chi connectivity index (χ0v) is 12.9. The first-order valence-electron chi connectivity index (χ1n) is 6.97. The second kappa shape index (κ2) is 5.91. The van der Waals surface area contributed by atoms with Crippen LogP contribution in [0.4, 0.5) is 5.69 Å². The summed E-state index contributed by atoms with van der Waals surface area (Å²) in [4.78, 5) is -0.234. The molecular formula is C17H15NO4S. The number of phenols is 1. The highest BCUT2D eigenvalue weighted by Gasteiger charge is 2.20. The molecule has 0 atom stereocenters. The van der Waals surface area contributed by atoms with E-state index >= 15 is 0 Å². The Hall–Kier alpha value is -2.57. The van der Waals surface area contributed by atoms with Gasteiger partial charge in [-0.05, 0) is 23.8 Å². The van der Waals surface area contributed by atoms with Gasteiger partial charge in [0, 0.05) is 17.3 Å². The topological polar surface area (TPSA) is 86.6 Å². The van der Waals surface area contributed by atoms with Gasteiger partial charge in [0.25, 0.3) is 10.1 Å². The molecule has 0 fully saturated rings. The Balaban J connectivity index is 2.10. The van der Waals surface area contributed by atoms with Crippen LogP contribution in [0.5, 0.6) is 5.75 Å². The normalized spacial score (nSPS) is 11.5. The summed E-state index contributed by atoms with van der Waals surface area (Å²) in [5.41, 5.74) is 1.26. The van der Waals surface area contributed by atoms with Crippen LogP contribution in [0, 0.1) is 0 Å². The second-order valence-corrected chi connectivity index (χ2v) is 6.49. The third-order valence-corrected chi connectivity index (χ3v) is 4.53. The van der Waals surface area contributed by atoms with Crippen LogP contribution >= 0.6 is 0 Å². The fourth-order valence-corrected chi connectivity index (χ4v) is 3.40. The maximum Gasteiger partial charge on any atom is 0.297 e. The highest BCUT2D eigenvalue weighted by Crippen LogP contribution is 2.34. The lowest BCUT2D eigenvalue weighted by Crippen LogP contribution is -2.07. The molecule has 23 heavy (non-hydrogen) atoms. The molecule has 0 saturated heterocycles. The molecule has 0 heterocycles. The standard InChI is InChI=1S/C17H15NO4S/c19-16-8-4-7-14-13(16)9-10-15(17(14)23(20,21)22)18-11-12-5-2-1-3-6-12/h1-10,18-19H,11H2,(H,20,21,22). The average Bonchev–Trinajstić information content (AvgIpc) is 2.52. The van der Waals surface area contributed by atoms with Crippen LogP contribution in [0.1, 0.15) is 5.56 Å². The molecule has 0 radical (unpaired) electrons. The fourth-order valence-electron chi connectivity index (χ4n) is 2.52. The molecule has 0 aliphatic heterocycles. The first-order valence-corrected chi connectivity index (χ1v) is 8.41. The van der Waals surface area contributed by atoms with Crippen molar-refractivity contribution in [2.45, 2.75) is 11.4 Å². The van der Waals surface area contributed by atoms with Gasteiger partial charge in [0.1, 0.15) is 10.6 Å². The Morgan fingerprint density at radius 3 is 2.30 bits per heavy atom. The average molecular weight is 329 g/mol. The van der Waals surface area contributed by atoms with Gasteiger partial charge in [0.2, 0.25) is 0 Å². The number of hydrogen-bond acceptors (Lipinski definition) is 4. The number of anilines is 1. The van der Waals surface area contributed by atoms with Gasteiger partial charge in [0.05, 0.1) is 5.69 Å². The van der Waals surface area contributed by atoms with Gasteiger partial charge in [-0.3, -0.25) is 4.55 Å². The van der Waals surface area contributed by atoms with Crippen molar-refractivity contribution in [3.63, 3.8) is 0 Å². The maximum atomic E-state index is 11.8. The van der Waals surface area contributed by atoms with Crippen LogP contribution in [-0.4, -0.2) is 18.1 Å². The van der Waals surface area contributed by atoms with Crippen molar-refractivity contribution in [1.82, 2.24) is 0 Å². The van der Waals surface area contributed by atoms with E-state index in [0.717, 1.165) is 5.56 Å². The van der Waals surface area contributed by atoms with Crippen LogP contribution < -0.4 is 5.32 Å². The van der Waals surface area contributed by atoms with Gasteiger partial charge in [-0.25, -0.2) is 0 Å². The van der Waals surface area contributed by atoms with Crippen molar-refractivity contribution in [2.75, 3.05) is 5.32 Å². The molecule has 0 unspecified atom stereocenters. The van der Waals surface area contributed by atoms with E-state index in [1.165, 1.54) is 18.2 Å². The number of rotatable bonds is 4. The summed E-state index contributed by atoms with van der Waals surface area (Å²) in [5, 5.41) is 13.5. The number of nitrogens with one attached hydrogen (secondary N) is 1. The van der Waals surface area contributed by atoms with Crippen molar-refractivity contribution in [3.8, 4) is 5.75 Å². The summed E-state index contributed by atoms with van der Waals surface area (Å²) >= 11 is 0. The highest BCUT2D eigenvalue weighted by atomic mass is 32.2. The highest BCUT2D eigenvalue weighted by molar-refractivity contribution is 7.86. The van der Waals surface area contributed by atoms with Crippen molar-refractivity contribution in [3.05, 3.63) is 66.2 Å². The van der Waals surface area contributed by atoms with E-state index in [1.807, 2.05) is 30.3 Å². The Labute approximate surface area is 134 Å². The minimum absolute atomic E-state index is 0.0398. The molecule has 0 aromatic heterocycles. The monoisotopic (exact) mass is 329 g/mol. The van der Waals surface area contributed by atoms with E-state index in [0.29, 0.717) is 11.9 Å². The van der Waals surface area contributed by atoms with Crippen LogP contribution in [0.2, 0.25) is 0 Å². The van der Waals surface area contributed by atoms with E-state index in [1.54, 1.807) is 12.1 Å². The summed E-state index contributed by atoms with van der Waals surface area (Å²) in [6.07, 6.45) is 0. The predicted molar refractivity (Wildman–Crippen MR) is 89.2 cm³/mol. The van der Waals surface area contributed by atoms with E-state index in [2.05, 4.69) is 5.32 Å². The number of hydrogen-bond donors (Lipinski definition) is 3. The van der Waals surface area contributed by atoms with Crippen molar-refractivity contribution in [1.29, 1.82) is 0 Å². The molecule has 0 amide bonds. The number of phenolic OH excluding ortho intramolecular Hbond substituents is 1. The van der Waals surface area contributed by atoms with Gasteiger partial charge in [-0.15, -0.1) is 0 Å². The zero-order chi connectivity index (χ0) is 16.4. The summed E-state index contributed by atoms with van der Waals surface area (Å²) in [6, 6.07) is 17.2. The van der Waals surface area contributed by atoms with Crippen LogP contribution in [0.15, 0.2) is 65.6 Å². The Morgan fingerprint density at radius 2 is 1.61 bits per heavy atom. The van der Waals surface area contributed by atoms with Crippen LogP contribution in [0.3, 0.4) is 0 Å². The lowest BCUT2D eigenvalue weighted by atomic mass is 10.1. The number of benzene rings is 3. The summed E-state index contributed by atoms with van der Waals surface area (Å²) in [5.74, 6) is -0.0398. The molecule has 0 bridgehead atoms. The molecule has 6 heteroatoms. The van der Waals surface area contributed by atoms with E-state index in [-0.39, 0.29) is 21.7 Å². The molecular weight excluding hydrogens is 314 g/mol. The van der Waals surface area contributed by atoms with E-state index in [9.17, 15) is 18.1 Å². The minimum atomic E-state index is -4.45. The molecule has 0 spiro atoms. The van der Waals surface area contributed by atoms with Crippen molar-refractivity contribution < 1.29 is 18.1 Å². The van der Waals surface area contributed by atoms with Crippen molar-refractivity contribution >= 4 is 26.6 Å². The third-order valence-electron chi connectivity index (χ3n) is 3.57. The van der Waals surface area contributed by atoms with Gasteiger partial charge in [-0.2, -0.15) is 8.42 Å². The smallest absolute Gasteiger partial charge is 0.297 e. The summed E-state index contributed by atoms with van der Waals surface area (Å²) in [7, 11) is -4.45. The lowest BCUT2D eigenvalue weighted by molar-refractivity contribution is 0.481. The van der Waals surface area contributed by atoms with Crippen LogP contribution in [0.25, 0.3) is 10.8 Å². The molecule has 3 N–H and O–H groups in total. The van der Waals surface area contributed by atoms with E-state index in [4.69, 9.17) is 0 Å². The molecule has 3 aromatic carbocycles.